The molecule has 0 aliphatic rings. The zero-order valence-corrected chi connectivity index (χ0v) is 16.9. The zero-order valence-electron chi connectivity index (χ0n) is 12.9. The second-order valence-electron chi connectivity index (χ2n) is 5.38. The lowest BCUT2D eigenvalue weighted by Gasteiger charge is -2.02. The van der Waals surface area contributed by atoms with E-state index in [-0.39, 0.29) is 16.4 Å². The van der Waals surface area contributed by atoms with Gasteiger partial charge in [0.25, 0.3) is 5.56 Å². The summed E-state index contributed by atoms with van der Waals surface area (Å²) in [6.07, 6.45) is 1.44. The molecule has 0 aliphatic carbocycles. The van der Waals surface area contributed by atoms with Gasteiger partial charge in [-0.1, -0.05) is 33.6 Å². The number of halogens is 3. The second kappa shape index (κ2) is 7.08. The number of H-pyrrole nitrogens is 1. The van der Waals surface area contributed by atoms with Crippen molar-refractivity contribution in [3.8, 4) is 10.4 Å². The zero-order chi connectivity index (χ0) is 18.3. The van der Waals surface area contributed by atoms with Crippen molar-refractivity contribution in [2.75, 3.05) is 0 Å². The third-order valence-electron chi connectivity index (χ3n) is 3.70. The SMILES string of the molecule is O=c1[nH]c(C(Cl)=Cc2cc(Br)ccc2F)nc2scc(-c3cccs3)c12. The van der Waals surface area contributed by atoms with Crippen LogP contribution in [-0.4, -0.2) is 9.97 Å². The molecule has 0 spiro atoms. The van der Waals surface area contributed by atoms with Gasteiger partial charge in [0, 0.05) is 25.9 Å². The lowest BCUT2D eigenvalue weighted by molar-refractivity contribution is 0.625. The van der Waals surface area contributed by atoms with Crippen molar-refractivity contribution in [1.82, 2.24) is 9.97 Å². The van der Waals surface area contributed by atoms with Gasteiger partial charge in [0.05, 0.1) is 10.4 Å². The predicted octanol–water partition coefficient (Wildman–Crippen LogP) is 6.35. The van der Waals surface area contributed by atoms with Gasteiger partial charge in [0.2, 0.25) is 0 Å². The summed E-state index contributed by atoms with van der Waals surface area (Å²) in [6, 6.07) is 8.44. The maximum absolute atomic E-state index is 13.9. The fourth-order valence-corrected chi connectivity index (χ4v) is 4.85. The summed E-state index contributed by atoms with van der Waals surface area (Å²) in [5.74, 6) is -0.200. The number of hydrogen-bond acceptors (Lipinski definition) is 4. The Morgan fingerprint density at radius 3 is 2.92 bits per heavy atom. The molecular weight excluding hydrogens is 459 g/mol. The Morgan fingerprint density at radius 1 is 1.31 bits per heavy atom. The number of aromatic nitrogens is 2. The van der Waals surface area contributed by atoms with E-state index in [2.05, 4.69) is 25.9 Å². The minimum absolute atomic E-state index is 0.159. The molecule has 0 saturated heterocycles. The van der Waals surface area contributed by atoms with E-state index in [4.69, 9.17) is 11.6 Å². The van der Waals surface area contributed by atoms with Gasteiger partial charge in [0.15, 0.2) is 5.82 Å². The summed E-state index contributed by atoms with van der Waals surface area (Å²) in [5, 5.41) is 4.57. The van der Waals surface area contributed by atoms with Crippen LogP contribution in [0.15, 0.2) is 50.4 Å². The van der Waals surface area contributed by atoms with Crippen LogP contribution in [0.4, 0.5) is 4.39 Å². The van der Waals surface area contributed by atoms with E-state index in [1.165, 1.54) is 23.5 Å². The Morgan fingerprint density at radius 2 is 2.15 bits per heavy atom. The minimum Gasteiger partial charge on any atom is -0.305 e. The van der Waals surface area contributed by atoms with Crippen LogP contribution in [-0.2, 0) is 0 Å². The quantitative estimate of drug-likeness (QED) is 0.381. The van der Waals surface area contributed by atoms with Crippen LogP contribution in [0.2, 0.25) is 0 Å². The Labute approximate surface area is 168 Å². The topological polar surface area (TPSA) is 45.8 Å². The predicted molar refractivity (Wildman–Crippen MR) is 111 cm³/mol. The molecule has 1 N–H and O–H groups in total. The molecule has 130 valence electrons. The molecular formula is C18H9BrClFN2OS2. The van der Waals surface area contributed by atoms with Gasteiger partial charge in [0.1, 0.15) is 10.6 Å². The molecule has 4 rings (SSSR count). The molecule has 3 nitrogen and oxygen atoms in total. The van der Waals surface area contributed by atoms with Crippen molar-refractivity contribution in [1.29, 1.82) is 0 Å². The summed E-state index contributed by atoms with van der Waals surface area (Å²) in [7, 11) is 0. The van der Waals surface area contributed by atoms with E-state index in [0.717, 1.165) is 14.9 Å². The standard InChI is InChI=1S/C18H9BrClFN2OS2/c19-10-3-4-13(21)9(6-10)7-12(20)16-22-17(24)15-11(8-26-18(15)23-16)14-2-1-5-25-14/h1-8H,(H,22,23,24). The molecule has 1 aromatic carbocycles. The molecule has 0 unspecified atom stereocenters. The normalized spacial score (nSPS) is 12.0. The number of aromatic amines is 1. The molecule has 0 atom stereocenters. The molecule has 4 aromatic rings. The molecule has 0 saturated carbocycles. The number of rotatable bonds is 3. The maximum atomic E-state index is 13.9. The summed E-state index contributed by atoms with van der Waals surface area (Å²) in [5.41, 5.74) is 0.895. The van der Waals surface area contributed by atoms with Gasteiger partial charge in [-0.05, 0) is 35.7 Å². The van der Waals surface area contributed by atoms with Gasteiger partial charge >= 0.3 is 0 Å². The molecule has 0 fully saturated rings. The fourth-order valence-electron chi connectivity index (χ4n) is 2.51. The first-order valence-electron chi connectivity index (χ1n) is 7.41. The van der Waals surface area contributed by atoms with Gasteiger partial charge < -0.3 is 4.98 Å². The molecule has 0 amide bonds. The second-order valence-corrected chi connectivity index (χ2v) is 8.51. The number of hydrogen-bond donors (Lipinski definition) is 1. The Hall–Kier alpha value is -1.80. The average molecular weight is 468 g/mol. The highest BCUT2D eigenvalue weighted by Gasteiger charge is 2.15. The van der Waals surface area contributed by atoms with E-state index in [0.29, 0.717) is 15.8 Å². The number of thiophene rings is 2. The van der Waals surface area contributed by atoms with Crippen LogP contribution < -0.4 is 5.56 Å². The Bertz CT molecular complexity index is 1200. The summed E-state index contributed by atoms with van der Waals surface area (Å²) < 4.78 is 14.7. The molecule has 26 heavy (non-hydrogen) atoms. The molecule has 0 bridgehead atoms. The van der Waals surface area contributed by atoms with Crippen molar-refractivity contribution in [3.05, 3.63) is 73.1 Å². The fraction of sp³-hybridized carbons (Fsp3) is 0. The number of fused-ring (bicyclic) bond motifs is 1. The number of nitrogens with zero attached hydrogens (tertiary/aromatic N) is 1. The van der Waals surface area contributed by atoms with E-state index in [9.17, 15) is 9.18 Å². The highest BCUT2D eigenvalue weighted by atomic mass is 79.9. The molecule has 3 heterocycles. The van der Waals surface area contributed by atoms with Crippen LogP contribution in [0.5, 0.6) is 0 Å². The summed E-state index contributed by atoms with van der Waals surface area (Å²) in [6.45, 7) is 0. The van der Waals surface area contributed by atoms with Crippen molar-refractivity contribution >= 4 is 71.5 Å². The average Bonchev–Trinajstić information content (AvgIpc) is 3.27. The third-order valence-corrected chi connectivity index (χ3v) is 6.25. The molecule has 3 aromatic heterocycles. The van der Waals surface area contributed by atoms with Gasteiger partial charge in [-0.2, -0.15) is 0 Å². The Balaban J connectivity index is 1.82. The van der Waals surface area contributed by atoms with Crippen molar-refractivity contribution < 1.29 is 4.39 Å². The van der Waals surface area contributed by atoms with Crippen LogP contribution in [0, 0.1) is 5.82 Å². The maximum Gasteiger partial charge on any atom is 0.260 e. The number of benzene rings is 1. The summed E-state index contributed by atoms with van der Waals surface area (Å²) >= 11 is 12.5. The van der Waals surface area contributed by atoms with E-state index in [1.54, 1.807) is 23.5 Å². The first kappa shape index (κ1) is 17.6. The lowest BCUT2D eigenvalue weighted by atomic mass is 10.2. The Kier molecular flexibility index (Phi) is 4.79. The molecule has 0 radical (unpaired) electrons. The monoisotopic (exact) mass is 466 g/mol. The number of nitrogens with one attached hydrogen (secondary N) is 1. The van der Waals surface area contributed by atoms with Gasteiger partial charge in [-0.25, -0.2) is 9.37 Å². The molecule has 0 aliphatic heterocycles. The van der Waals surface area contributed by atoms with E-state index >= 15 is 0 Å². The summed E-state index contributed by atoms with van der Waals surface area (Å²) in [4.78, 5) is 21.4. The smallest absolute Gasteiger partial charge is 0.260 e. The highest BCUT2D eigenvalue weighted by molar-refractivity contribution is 9.10. The molecule has 8 heteroatoms. The third kappa shape index (κ3) is 3.27. The lowest BCUT2D eigenvalue weighted by Crippen LogP contribution is -2.10. The van der Waals surface area contributed by atoms with Crippen molar-refractivity contribution in [2.24, 2.45) is 0 Å². The van der Waals surface area contributed by atoms with Crippen LogP contribution in [0.3, 0.4) is 0 Å². The van der Waals surface area contributed by atoms with E-state index < -0.39 is 5.82 Å². The van der Waals surface area contributed by atoms with Crippen LogP contribution >= 0.6 is 50.2 Å². The largest absolute Gasteiger partial charge is 0.305 e. The first-order valence-corrected chi connectivity index (χ1v) is 10.3. The van der Waals surface area contributed by atoms with Crippen LogP contribution in [0.25, 0.3) is 31.8 Å². The van der Waals surface area contributed by atoms with Crippen LogP contribution in [0.1, 0.15) is 11.4 Å². The first-order chi connectivity index (χ1) is 12.5. The van der Waals surface area contributed by atoms with Crippen molar-refractivity contribution in [3.63, 3.8) is 0 Å². The van der Waals surface area contributed by atoms with Crippen molar-refractivity contribution in [2.45, 2.75) is 0 Å². The highest BCUT2D eigenvalue weighted by Crippen LogP contribution is 2.34. The minimum atomic E-state index is -0.411. The van der Waals surface area contributed by atoms with Gasteiger partial charge in [-0.15, -0.1) is 22.7 Å². The van der Waals surface area contributed by atoms with E-state index in [1.807, 2.05) is 22.9 Å². The van der Waals surface area contributed by atoms with Gasteiger partial charge in [-0.3, -0.25) is 4.79 Å².